The summed E-state index contributed by atoms with van der Waals surface area (Å²) in [6, 6.07) is 0. The molecule has 0 bridgehead atoms. The molecule has 0 heterocycles. The Labute approximate surface area is 77.1 Å². The van der Waals surface area contributed by atoms with Gasteiger partial charge in [0.05, 0.1) is 0 Å². The fourth-order valence-electron chi connectivity index (χ4n) is 0.795. The summed E-state index contributed by atoms with van der Waals surface area (Å²) in [5.41, 5.74) is 0. The van der Waals surface area contributed by atoms with Gasteiger partial charge in [-0.25, -0.2) is 0 Å². The maximum Gasteiger partial charge on any atom is 0.103 e. The van der Waals surface area contributed by atoms with Gasteiger partial charge in [0.15, 0.2) is 0 Å². The van der Waals surface area contributed by atoms with E-state index in [1.165, 1.54) is 0 Å². The highest BCUT2D eigenvalue weighted by molar-refractivity contribution is 6.55. The van der Waals surface area contributed by atoms with E-state index in [0.717, 1.165) is 6.42 Å². The van der Waals surface area contributed by atoms with Gasteiger partial charge in [0, 0.05) is 5.38 Å². The molecular formula is C7H11Cl3. The molecule has 60 valence electrons. The van der Waals surface area contributed by atoms with Crippen LogP contribution in [-0.4, -0.2) is 5.38 Å². The van der Waals surface area contributed by atoms with Gasteiger partial charge < -0.3 is 0 Å². The Morgan fingerprint density at radius 1 is 1.40 bits per heavy atom. The molecule has 0 saturated heterocycles. The first-order chi connectivity index (χ1) is 4.52. The van der Waals surface area contributed by atoms with Crippen molar-refractivity contribution in [3.63, 3.8) is 0 Å². The summed E-state index contributed by atoms with van der Waals surface area (Å²) in [4.78, 5) is 0. The van der Waals surface area contributed by atoms with E-state index in [1.807, 2.05) is 13.8 Å². The number of hydrogen-bond donors (Lipinski definition) is 0. The second-order valence-electron chi connectivity index (χ2n) is 2.45. The molecule has 0 nitrogen and oxygen atoms in total. The monoisotopic (exact) mass is 200 g/mol. The fraction of sp³-hybridized carbons (Fsp3) is 0.714. The molecule has 3 heteroatoms. The van der Waals surface area contributed by atoms with E-state index in [1.54, 1.807) is 6.08 Å². The van der Waals surface area contributed by atoms with Crippen molar-refractivity contribution in [1.82, 2.24) is 0 Å². The van der Waals surface area contributed by atoms with Crippen LogP contribution in [-0.2, 0) is 0 Å². The van der Waals surface area contributed by atoms with E-state index >= 15 is 0 Å². The third-order valence-electron chi connectivity index (χ3n) is 1.11. The van der Waals surface area contributed by atoms with Gasteiger partial charge in [-0.05, 0) is 19.3 Å². The van der Waals surface area contributed by atoms with Crippen molar-refractivity contribution in [3.8, 4) is 0 Å². The third-order valence-corrected chi connectivity index (χ3v) is 1.54. The molecule has 0 aliphatic carbocycles. The first kappa shape index (κ1) is 10.6. The number of rotatable bonds is 3. The average molecular weight is 202 g/mol. The summed E-state index contributed by atoms with van der Waals surface area (Å²) in [7, 11) is 0. The fourth-order valence-corrected chi connectivity index (χ4v) is 1.51. The molecule has 0 fully saturated rings. The Hall–Kier alpha value is 0.610. The van der Waals surface area contributed by atoms with Crippen molar-refractivity contribution in [2.24, 2.45) is 5.92 Å². The quantitative estimate of drug-likeness (QED) is 0.607. The summed E-state index contributed by atoms with van der Waals surface area (Å²) >= 11 is 16.6. The van der Waals surface area contributed by atoms with Gasteiger partial charge in [0.2, 0.25) is 0 Å². The van der Waals surface area contributed by atoms with Crippen LogP contribution in [0.15, 0.2) is 10.6 Å². The number of allylic oxidation sites excluding steroid dienone is 1. The zero-order chi connectivity index (χ0) is 8.15. The lowest BCUT2D eigenvalue weighted by atomic mass is 10.1. The Balaban J connectivity index is 3.64. The second-order valence-corrected chi connectivity index (χ2v) is 4.20. The molecule has 2 atom stereocenters. The maximum atomic E-state index is 5.74. The highest BCUT2D eigenvalue weighted by Crippen LogP contribution is 2.17. The molecule has 0 radical (unpaired) electrons. The smallest absolute Gasteiger partial charge is 0.103 e. The molecule has 0 aromatic heterocycles. The maximum absolute atomic E-state index is 5.74. The lowest BCUT2D eigenvalue weighted by Gasteiger charge is -2.06. The number of hydrogen-bond acceptors (Lipinski definition) is 0. The zero-order valence-corrected chi connectivity index (χ0v) is 8.34. The molecule has 0 saturated carbocycles. The lowest BCUT2D eigenvalue weighted by Crippen LogP contribution is -1.98. The van der Waals surface area contributed by atoms with E-state index in [9.17, 15) is 0 Å². The summed E-state index contributed by atoms with van der Waals surface area (Å²) in [5.74, 6) is 0.359. The molecule has 0 N–H and O–H groups in total. The highest BCUT2D eigenvalue weighted by atomic mass is 35.5. The highest BCUT2D eigenvalue weighted by Gasteiger charge is 2.03. The summed E-state index contributed by atoms with van der Waals surface area (Å²) in [5, 5.41) is 0.180. The standard InChI is InChI=1S/C7H11Cl3/c1-5(3-6(2)8)4-7(9)10/h4-6H,3H2,1-2H3. The predicted molar refractivity (Wildman–Crippen MR) is 48.9 cm³/mol. The van der Waals surface area contributed by atoms with E-state index in [2.05, 4.69) is 0 Å². The van der Waals surface area contributed by atoms with E-state index in [0.29, 0.717) is 10.4 Å². The van der Waals surface area contributed by atoms with Gasteiger partial charge in [-0.15, -0.1) is 11.6 Å². The van der Waals surface area contributed by atoms with Crippen LogP contribution in [0.25, 0.3) is 0 Å². The third kappa shape index (κ3) is 6.73. The summed E-state index contributed by atoms with van der Waals surface area (Å²) in [6.07, 6.45) is 2.70. The average Bonchev–Trinajstić information content (AvgIpc) is 1.58. The van der Waals surface area contributed by atoms with Crippen molar-refractivity contribution in [1.29, 1.82) is 0 Å². The van der Waals surface area contributed by atoms with Crippen LogP contribution in [0.2, 0.25) is 0 Å². The predicted octanol–water partition coefficient (Wildman–Crippen LogP) is 3.96. The summed E-state index contributed by atoms with van der Waals surface area (Å²) < 4.78 is 0.324. The molecule has 0 aliphatic heterocycles. The lowest BCUT2D eigenvalue weighted by molar-refractivity contribution is 0.640. The summed E-state index contributed by atoms with van der Waals surface area (Å²) in [6.45, 7) is 3.98. The van der Waals surface area contributed by atoms with Crippen LogP contribution >= 0.6 is 34.8 Å². The Kier molecular flexibility index (Phi) is 5.61. The minimum Gasteiger partial charge on any atom is -0.123 e. The first-order valence-corrected chi connectivity index (χ1v) is 4.38. The van der Waals surface area contributed by atoms with Gasteiger partial charge in [0.1, 0.15) is 4.49 Å². The Bertz CT molecular complexity index is 114. The van der Waals surface area contributed by atoms with Crippen molar-refractivity contribution >= 4 is 34.8 Å². The van der Waals surface area contributed by atoms with Crippen LogP contribution < -0.4 is 0 Å². The van der Waals surface area contributed by atoms with Gasteiger partial charge >= 0.3 is 0 Å². The SMILES string of the molecule is CC(Cl)CC(C)C=C(Cl)Cl. The van der Waals surface area contributed by atoms with Gasteiger partial charge in [-0.2, -0.15) is 0 Å². The van der Waals surface area contributed by atoms with Crippen molar-refractivity contribution in [2.75, 3.05) is 0 Å². The molecule has 0 rings (SSSR count). The zero-order valence-electron chi connectivity index (χ0n) is 6.07. The minimum atomic E-state index is 0.180. The van der Waals surface area contributed by atoms with Crippen molar-refractivity contribution < 1.29 is 0 Å². The van der Waals surface area contributed by atoms with E-state index in [4.69, 9.17) is 34.8 Å². The first-order valence-electron chi connectivity index (χ1n) is 3.19. The molecule has 0 aromatic carbocycles. The van der Waals surface area contributed by atoms with E-state index < -0.39 is 0 Å². The number of halogens is 3. The topological polar surface area (TPSA) is 0 Å². The van der Waals surface area contributed by atoms with Gasteiger partial charge in [-0.1, -0.05) is 36.2 Å². The molecule has 0 amide bonds. The molecule has 2 unspecified atom stereocenters. The van der Waals surface area contributed by atoms with Crippen molar-refractivity contribution in [3.05, 3.63) is 10.6 Å². The van der Waals surface area contributed by atoms with Gasteiger partial charge in [0.25, 0.3) is 0 Å². The van der Waals surface area contributed by atoms with Gasteiger partial charge in [-0.3, -0.25) is 0 Å². The number of alkyl halides is 1. The Morgan fingerprint density at radius 3 is 2.20 bits per heavy atom. The second kappa shape index (κ2) is 5.29. The van der Waals surface area contributed by atoms with Crippen LogP contribution in [0.3, 0.4) is 0 Å². The molecule has 0 aromatic rings. The van der Waals surface area contributed by atoms with Crippen molar-refractivity contribution in [2.45, 2.75) is 25.6 Å². The van der Waals surface area contributed by atoms with Crippen LogP contribution in [0.1, 0.15) is 20.3 Å². The van der Waals surface area contributed by atoms with Crippen LogP contribution in [0.4, 0.5) is 0 Å². The normalized spacial score (nSPS) is 16.1. The molecule has 0 spiro atoms. The molecule has 0 aliphatic rings. The Morgan fingerprint density at radius 2 is 1.90 bits per heavy atom. The molecular weight excluding hydrogens is 190 g/mol. The minimum absolute atomic E-state index is 0.180. The van der Waals surface area contributed by atoms with Crippen LogP contribution in [0.5, 0.6) is 0 Å². The molecule has 10 heavy (non-hydrogen) atoms. The van der Waals surface area contributed by atoms with Crippen LogP contribution in [0, 0.1) is 5.92 Å². The van der Waals surface area contributed by atoms with E-state index in [-0.39, 0.29) is 5.38 Å². The largest absolute Gasteiger partial charge is 0.123 e.